The molecule has 5 heteroatoms. The smallest absolute Gasteiger partial charge is 0.255 e. The van der Waals surface area contributed by atoms with E-state index >= 15 is 0 Å². The lowest BCUT2D eigenvalue weighted by Gasteiger charge is -2.14. The van der Waals surface area contributed by atoms with Crippen molar-refractivity contribution in [2.45, 2.75) is 26.2 Å². The van der Waals surface area contributed by atoms with Gasteiger partial charge in [-0.2, -0.15) is 0 Å². The van der Waals surface area contributed by atoms with E-state index in [4.69, 9.17) is 4.74 Å². The van der Waals surface area contributed by atoms with Crippen LogP contribution in [0, 0.1) is 12.8 Å². The zero-order chi connectivity index (χ0) is 21.6. The molecule has 0 saturated heterocycles. The number of ether oxygens (including phenoxy) is 1. The first-order valence-corrected chi connectivity index (χ1v) is 10.6. The number of anilines is 2. The molecule has 2 N–H and O–H groups in total. The molecule has 2 amide bonds. The first-order valence-electron chi connectivity index (χ1n) is 10.6. The molecule has 1 saturated carbocycles. The molecule has 0 spiro atoms. The minimum absolute atomic E-state index is 0.0504. The molecule has 0 aromatic heterocycles. The van der Waals surface area contributed by atoms with E-state index in [1.54, 1.807) is 24.3 Å². The molecule has 0 unspecified atom stereocenters. The van der Waals surface area contributed by atoms with Gasteiger partial charge in [0, 0.05) is 29.3 Å². The molecule has 0 atom stereocenters. The van der Waals surface area contributed by atoms with Gasteiger partial charge in [0.1, 0.15) is 5.75 Å². The Morgan fingerprint density at radius 3 is 2.23 bits per heavy atom. The highest BCUT2D eigenvalue weighted by molar-refractivity contribution is 6.05. The fourth-order valence-corrected chi connectivity index (χ4v) is 3.32. The van der Waals surface area contributed by atoms with Crippen LogP contribution in [0.25, 0.3) is 0 Å². The molecular weight excluding hydrogens is 388 g/mol. The van der Waals surface area contributed by atoms with Crippen LogP contribution in [0.3, 0.4) is 0 Å². The summed E-state index contributed by atoms with van der Waals surface area (Å²) in [5, 5.41) is 5.90. The Kier molecular flexibility index (Phi) is 6.32. The third-order valence-electron chi connectivity index (χ3n) is 5.41. The minimum Gasteiger partial charge on any atom is -0.493 e. The highest BCUT2D eigenvalue weighted by Crippen LogP contribution is 2.31. The largest absolute Gasteiger partial charge is 0.493 e. The topological polar surface area (TPSA) is 67.4 Å². The fourth-order valence-electron chi connectivity index (χ4n) is 3.32. The normalized spacial score (nSPS) is 12.8. The second-order valence-electron chi connectivity index (χ2n) is 7.80. The number of carbonyl (C=O) groups excluding carboxylic acids is 2. The lowest BCUT2D eigenvalue weighted by Crippen LogP contribution is -2.16. The van der Waals surface area contributed by atoms with Gasteiger partial charge in [-0.15, -0.1) is 0 Å². The van der Waals surface area contributed by atoms with Gasteiger partial charge in [0.25, 0.3) is 5.91 Å². The molecule has 3 aromatic carbocycles. The van der Waals surface area contributed by atoms with E-state index in [2.05, 4.69) is 22.8 Å². The Morgan fingerprint density at radius 1 is 0.871 bits per heavy atom. The molecule has 4 rings (SSSR count). The Hall–Kier alpha value is -3.60. The van der Waals surface area contributed by atoms with Crippen molar-refractivity contribution < 1.29 is 14.3 Å². The van der Waals surface area contributed by atoms with E-state index in [1.807, 2.05) is 43.3 Å². The summed E-state index contributed by atoms with van der Waals surface area (Å²) in [6, 6.07) is 22.8. The molecule has 0 heterocycles. The van der Waals surface area contributed by atoms with Crippen LogP contribution in [0.5, 0.6) is 5.75 Å². The molecule has 31 heavy (non-hydrogen) atoms. The predicted octanol–water partition coefficient (Wildman–Crippen LogP) is 5.22. The first-order chi connectivity index (χ1) is 15.1. The maximum atomic E-state index is 12.7. The predicted molar refractivity (Wildman–Crippen MR) is 123 cm³/mol. The van der Waals surface area contributed by atoms with Crippen LogP contribution in [-0.2, 0) is 11.2 Å². The highest BCUT2D eigenvalue weighted by Gasteiger charge is 2.29. The van der Waals surface area contributed by atoms with Crippen LogP contribution in [0.15, 0.2) is 72.8 Å². The molecule has 1 aliphatic rings. The summed E-state index contributed by atoms with van der Waals surface area (Å²) < 4.78 is 5.79. The highest BCUT2D eigenvalue weighted by atomic mass is 16.5. The average Bonchev–Trinajstić information content (AvgIpc) is 3.63. The summed E-state index contributed by atoms with van der Waals surface area (Å²) in [7, 11) is 0. The molecule has 0 radical (unpaired) electrons. The van der Waals surface area contributed by atoms with Gasteiger partial charge < -0.3 is 15.4 Å². The lowest BCUT2D eigenvalue weighted by atomic mass is 10.1. The van der Waals surface area contributed by atoms with Gasteiger partial charge in [-0.25, -0.2) is 0 Å². The van der Waals surface area contributed by atoms with Gasteiger partial charge in [-0.1, -0.05) is 36.4 Å². The Labute approximate surface area is 182 Å². The first kappa shape index (κ1) is 20.7. The summed E-state index contributed by atoms with van der Waals surface area (Å²) >= 11 is 0. The molecule has 158 valence electrons. The van der Waals surface area contributed by atoms with E-state index in [0.29, 0.717) is 17.9 Å². The summed E-state index contributed by atoms with van der Waals surface area (Å²) in [5.74, 6) is 0.707. The van der Waals surface area contributed by atoms with Crippen molar-refractivity contribution in [1.29, 1.82) is 0 Å². The van der Waals surface area contributed by atoms with Crippen molar-refractivity contribution in [2.24, 2.45) is 5.92 Å². The van der Waals surface area contributed by atoms with Crippen molar-refractivity contribution in [3.8, 4) is 5.75 Å². The van der Waals surface area contributed by atoms with Crippen LogP contribution >= 0.6 is 0 Å². The van der Waals surface area contributed by atoms with Crippen LogP contribution in [0.2, 0.25) is 0 Å². The summed E-state index contributed by atoms with van der Waals surface area (Å²) in [4.78, 5) is 24.7. The Bertz CT molecular complexity index is 1060. The molecular formula is C26H26N2O3. The van der Waals surface area contributed by atoms with Crippen molar-refractivity contribution >= 4 is 23.2 Å². The minimum atomic E-state index is -0.204. The lowest BCUT2D eigenvalue weighted by molar-refractivity contribution is -0.117. The Morgan fingerprint density at radius 2 is 1.55 bits per heavy atom. The number of hydrogen-bond acceptors (Lipinski definition) is 3. The van der Waals surface area contributed by atoms with E-state index in [-0.39, 0.29) is 17.7 Å². The number of amides is 2. The second kappa shape index (κ2) is 9.47. The van der Waals surface area contributed by atoms with E-state index in [9.17, 15) is 9.59 Å². The van der Waals surface area contributed by atoms with Crippen molar-refractivity contribution in [3.05, 3.63) is 89.5 Å². The van der Waals surface area contributed by atoms with Gasteiger partial charge in [-0.3, -0.25) is 9.59 Å². The number of nitrogens with one attached hydrogen (secondary N) is 2. The summed E-state index contributed by atoms with van der Waals surface area (Å²) in [6.07, 6.45) is 2.73. The second-order valence-corrected chi connectivity index (χ2v) is 7.80. The number of carbonyl (C=O) groups is 2. The van der Waals surface area contributed by atoms with Crippen molar-refractivity contribution in [1.82, 2.24) is 0 Å². The van der Waals surface area contributed by atoms with Gasteiger partial charge in [0.15, 0.2) is 0 Å². The average molecular weight is 415 g/mol. The number of hydrogen-bond donors (Lipinski definition) is 2. The fraction of sp³-hybridized carbons (Fsp3) is 0.231. The van der Waals surface area contributed by atoms with Crippen LogP contribution < -0.4 is 15.4 Å². The standard InChI is InChI=1S/C26H26N2O3/c1-18-23(27-25(29)20-10-11-20)8-5-9-24(18)28-26(30)21-12-14-22(15-13-21)31-17-16-19-6-3-2-4-7-19/h2-9,12-15,20H,10-11,16-17H2,1H3,(H,27,29)(H,28,30). The quantitative estimate of drug-likeness (QED) is 0.531. The molecule has 1 aliphatic carbocycles. The van der Waals surface area contributed by atoms with Gasteiger partial charge in [-0.05, 0) is 67.3 Å². The SMILES string of the molecule is Cc1c(NC(=O)c2ccc(OCCc3ccccc3)cc2)cccc1NC(=O)C1CC1. The zero-order valence-corrected chi connectivity index (χ0v) is 17.6. The summed E-state index contributed by atoms with van der Waals surface area (Å²) in [5.41, 5.74) is 4.02. The molecule has 3 aromatic rings. The third-order valence-corrected chi connectivity index (χ3v) is 5.41. The molecule has 0 aliphatic heterocycles. The molecule has 5 nitrogen and oxygen atoms in total. The van der Waals surface area contributed by atoms with Crippen LogP contribution in [0.1, 0.15) is 34.3 Å². The number of benzene rings is 3. The summed E-state index contributed by atoms with van der Waals surface area (Å²) in [6.45, 7) is 2.47. The van der Waals surface area contributed by atoms with Crippen LogP contribution in [0.4, 0.5) is 11.4 Å². The van der Waals surface area contributed by atoms with Crippen LogP contribution in [-0.4, -0.2) is 18.4 Å². The maximum Gasteiger partial charge on any atom is 0.255 e. The van der Waals surface area contributed by atoms with Gasteiger partial charge in [0.2, 0.25) is 5.91 Å². The molecule has 1 fully saturated rings. The van der Waals surface area contributed by atoms with E-state index in [1.165, 1.54) is 5.56 Å². The monoisotopic (exact) mass is 414 g/mol. The van der Waals surface area contributed by atoms with Gasteiger partial charge in [0.05, 0.1) is 6.61 Å². The van der Waals surface area contributed by atoms with E-state index in [0.717, 1.165) is 36.3 Å². The van der Waals surface area contributed by atoms with Gasteiger partial charge >= 0.3 is 0 Å². The van der Waals surface area contributed by atoms with Crippen molar-refractivity contribution in [3.63, 3.8) is 0 Å². The Balaban J connectivity index is 1.33. The molecule has 0 bridgehead atoms. The maximum absolute atomic E-state index is 12.7. The van der Waals surface area contributed by atoms with E-state index < -0.39 is 0 Å². The zero-order valence-electron chi connectivity index (χ0n) is 17.6. The number of rotatable bonds is 8. The third kappa shape index (κ3) is 5.51. The van der Waals surface area contributed by atoms with Crippen molar-refractivity contribution in [2.75, 3.05) is 17.2 Å².